The van der Waals surface area contributed by atoms with Gasteiger partial charge >= 0.3 is 4.87 Å². The molecule has 0 fully saturated rings. The van der Waals surface area contributed by atoms with Crippen LogP contribution in [0, 0.1) is 0 Å². The van der Waals surface area contributed by atoms with E-state index in [1.165, 1.54) is 11.3 Å². The second-order valence-electron chi connectivity index (χ2n) is 2.13. The molecule has 1 N–H and O–H groups in total. The second-order valence-corrected chi connectivity index (χ2v) is 4.00. The molecule has 1 aromatic heterocycles. The highest BCUT2D eigenvalue weighted by Crippen LogP contribution is 2.22. The number of hydrogen-bond acceptors (Lipinski definition) is 2. The predicted molar refractivity (Wildman–Crippen MR) is 50.1 cm³/mol. The van der Waals surface area contributed by atoms with Gasteiger partial charge in [0, 0.05) is 4.47 Å². The quantitative estimate of drug-likeness (QED) is 0.740. The van der Waals surface area contributed by atoms with E-state index in [1.54, 1.807) is 0 Å². The van der Waals surface area contributed by atoms with Gasteiger partial charge in [0.2, 0.25) is 0 Å². The van der Waals surface area contributed by atoms with Crippen molar-refractivity contribution in [3.63, 3.8) is 0 Å². The van der Waals surface area contributed by atoms with Crippen LogP contribution in [0.1, 0.15) is 0 Å². The van der Waals surface area contributed by atoms with Gasteiger partial charge in [-0.1, -0.05) is 17.4 Å². The Hall–Kier alpha value is -0.610. The Balaban J connectivity index is 3.01. The van der Waals surface area contributed by atoms with Crippen LogP contribution in [0.15, 0.2) is 27.5 Å². The van der Waals surface area contributed by atoms with Gasteiger partial charge in [0.15, 0.2) is 0 Å². The summed E-state index contributed by atoms with van der Waals surface area (Å²) < 4.78 is 1.93. The van der Waals surface area contributed by atoms with Crippen molar-refractivity contribution in [1.82, 2.24) is 4.98 Å². The zero-order valence-corrected chi connectivity index (χ0v) is 7.83. The van der Waals surface area contributed by atoms with Crippen LogP contribution in [0.5, 0.6) is 0 Å². The number of halogens is 1. The Morgan fingerprint density at radius 2 is 2.27 bits per heavy atom. The lowest BCUT2D eigenvalue weighted by Crippen LogP contribution is -1.89. The van der Waals surface area contributed by atoms with Crippen molar-refractivity contribution in [3.8, 4) is 0 Å². The molecule has 2 rings (SSSR count). The van der Waals surface area contributed by atoms with Crippen molar-refractivity contribution in [1.29, 1.82) is 0 Å². The highest BCUT2D eigenvalue weighted by molar-refractivity contribution is 9.10. The van der Waals surface area contributed by atoms with Gasteiger partial charge in [-0.15, -0.1) is 0 Å². The van der Waals surface area contributed by atoms with Gasteiger partial charge < -0.3 is 4.98 Å². The molecule has 0 bridgehead atoms. The summed E-state index contributed by atoms with van der Waals surface area (Å²) in [5, 5.41) is 0. The number of aromatic amines is 1. The zero-order chi connectivity index (χ0) is 7.84. The first-order chi connectivity index (χ1) is 5.27. The number of rotatable bonds is 0. The topological polar surface area (TPSA) is 32.9 Å². The van der Waals surface area contributed by atoms with Crippen molar-refractivity contribution in [2.24, 2.45) is 0 Å². The molecule has 0 spiro atoms. The number of H-pyrrole nitrogens is 1. The largest absolute Gasteiger partial charge is 0.311 e. The molecule has 2 aromatic rings. The van der Waals surface area contributed by atoms with E-state index in [-0.39, 0.29) is 4.87 Å². The summed E-state index contributed by atoms with van der Waals surface area (Å²) in [4.78, 5) is 13.6. The zero-order valence-electron chi connectivity index (χ0n) is 5.43. The summed E-state index contributed by atoms with van der Waals surface area (Å²) in [7, 11) is 0. The maximum atomic E-state index is 10.9. The number of benzene rings is 1. The molecule has 0 aliphatic rings. The first-order valence-corrected chi connectivity index (χ1v) is 4.65. The van der Waals surface area contributed by atoms with Crippen molar-refractivity contribution < 1.29 is 0 Å². The van der Waals surface area contributed by atoms with Crippen LogP contribution in [0.4, 0.5) is 0 Å². The van der Waals surface area contributed by atoms with E-state index in [1.807, 2.05) is 18.2 Å². The summed E-state index contributed by atoms with van der Waals surface area (Å²) >= 11 is 4.57. The fourth-order valence-electron chi connectivity index (χ4n) is 0.938. The number of hydrogen-bond donors (Lipinski definition) is 1. The lowest BCUT2D eigenvalue weighted by atomic mass is 10.3. The number of aromatic nitrogens is 1. The van der Waals surface area contributed by atoms with E-state index in [4.69, 9.17) is 0 Å². The first kappa shape index (κ1) is 7.06. The van der Waals surface area contributed by atoms with E-state index >= 15 is 0 Å². The number of nitrogens with one attached hydrogen (secondary N) is 1. The molecule has 1 aromatic carbocycles. The molecule has 11 heavy (non-hydrogen) atoms. The second kappa shape index (κ2) is 2.46. The summed E-state index contributed by atoms with van der Waals surface area (Å²) in [5.74, 6) is 0. The third-order valence-electron chi connectivity index (χ3n) is 1.41. The summed E-state index contributed by atoms with van der Waals surface area (Å²) in [5.41, 5.74) is 0.891. The van der Waals surface area contributed by atoms with Gasteiger partial charge in [0.1, 0.15) is 0 Å². The van der Waals surface area contributed by atoms with Gasteiger partial charge in [-0.3, -0.25) is 4.79 Å². The Labute approximate surface area is 75.0 Å². The fourth-order valence-corrected chi connectivity index (χ4v) is 2.30. The summed E-state index contributed by atoms with van der Waals surface area (Å²) in [6.07, 6.45) is 0. The highest BCUT2D eigenvalue weighted by Gasteiger charge is 2.00. The maximum absolute atomic E-state index is 10.9. The average Bonchev–Trinajstić information content (AvgIpc) is 2.31. The van der Waals surface area contributed by atoms with Crippen LogP contribution >= 0.6 is 27.3 Å². The molecule has 0 radical (unpaired) electrons. The minimum Gasteiger partial charge on any atom is -0.311 e. The Kier molecular flexibility index (Phi) is 1.58. The molecule has 0 amide bonds. The lowest BCUT2D eigenvalue weighted by Gasteiger charge is -1.89. The first-order valence-electron chi connectivity index (χ1n) is 3.05. The van der Waals surface area contributed by atoms with E-state index in [0.717, 1.165) is 14.7 Å². The van der Waals surface area contributed by atoms with Crippen LogP contribution in [-0.2, 0) is 0 Å². The Morgan fingerprint density at radius 3 is 3.00 bits per heavy atom. The Bertz CT molecular complexity index is 445. The minimum atomic E-state index is -0.00750. The van der Waals surface area contributed by atoms with Crippen molar-refractivity contribution in [3.05, 3.63) is 32.3 Å². The van der Waals surface area contributed by atoms with Crippen LogP contribution < -0.4 is 4.87 Å². The predicted octanol–water partition coefficient (Wildman–Crippen LogP) is 2.35. The maximum Gasteiger partial charge on any atom is 0.305 e. The minimum absolute atomic E-state index is 0.00750. The molecule has 2 nitrogen and oxygen atoms in total. The van der Waals surface area contributed by atoms with Gasteiger partial charge in [-0.25, -0.2) is 0 Å². The standard InChI is InChI=1S/C7H4BrNOS/c8-4-2-1-3-5-6(4)9-7(10)11-5/h1-3H,(H,9,10). The molecule has 4 heteroatoms. The van der Waals surface area contributed by atoms with E-state index in [2.05, 4.69) is 20.9 Å². The third kappa shape index (κ3) is 1.12. The Morgan fingerprint density at radius 1 is 1.45 bits per heavy atom. The molecular weight excluding hydrogens is 226 g/mol. The van der Waals surface area contributed by atoms with Crippen LogP contribution in [-0.4, -0.2) is 4.98 Å². The fraction of sp³-hybridized carbons (Fsp3) is 0. The molecule has 0 unspecified atom stereocenters. The summed E-state index contributed by atoms with van der Waals surface area (Å²) in [6, 6.07) is 5.74. The number of thiazole rings is 1. The molecule has 0 saturated carbocycles. The van der Waals surface area contributed by atoms with Gasteiger partial charge in [0.05, 0.1) is 10.2 Å². The van der Waals surface area contributed by atoms with E-state index < -0.39 is 0 Å². The molecular formula is C7H4BrNOS. The molecule has 0 atom stereocenters. The van der Waals surface area contributed by atoms with E-state index in [0.29, 0.717) is 0 Å². The molecule has 1 heterocycles. The van der Waals surface area contributed by atoms with Crippen LogP contribution in [0.3, 0.4) is 0 Å². The van der Waals surface area contributed by atoms with Crippen LogP contribution in [0.25, 0.3) is 10.2 Å². The number of fused-ring (bicyclic) bond motifs is 1. The monoisotopic (exact) mass is 229 g/mol. The molecule has 0 aliphatic carbocycles. The van der Waals surface area contributed by atoms with Crippen molar-refractivity contribution in [2.45, 2.75) is 0 Å². The van der Waals surface area contributed by atoms with Gasteiger partial charge in [-0.05, 0) is 28.1 Å². The SMILES string of the molecule is O=c1[nH]c2c(Br)cccc2s1. The highest BCUT2D eigenvalue weighted by atomic mass is 79.9. The molecule has 56 valence electrons. The van der Waals surface area contributed by atoms with Gasteiger partial charge in [0.25, 0.3) is 0 Å². The molecule has 0 aliphatic heterocycles. The lowest BCUT2D eigenvalue weighted by molar-refractivity contribution is 1.40. The normalized spacial score (nSPS) is 10.6. The van der Waals surface area contributed by atoms with E-state index in [9.17, 15) is 4.79 Å². The van der Waals surface area contributed by atoms with Crippen LogP contribution in [0.2, 0.25) is 0 Å². The third-order valence-corrected chi connectivity index (χ3v) is 2.91. The summed E-state index contributed by atoms with van der Waals surface area (Å²) in [6.45, 7) is 0. The van der Waals surface area contributed by atoms with Crippen molar-refractivity contribution >= 4 is 37.5 Å². The van der Waals surface area contributed by atoms with Gasteiger partial charge in [-0.2, -0.15) is 0 Å². The van der Waals surface area contributed by atoms with Crippen molar-refractivity contribution in [2.75, 3.05) is 0 Å². The molecule has 0 saturated heterocycles. The smallest absolute Gasteiger partial charge is 0.305 e. The average molecular weight is 230 g/mol. The number of para-hydroxylation sites is 1.